The van der Waals surface area contributed by atoms with Crippen molar-refractivity contribution in [1.82, 2.24) is 9.78 Å². The number of benzene rings is 1. The number of nitro groups is 1. The molecule has 0 saturated heterocycles. The highest BCUT2D eigenvalue weighted by Gasteiger charge is 2.12. The lowest BCUT2D eigenvalue weighted by molar-refractivity contribution is -0.384. The van der Waals surface area contributed by atoms with E-state index in [0.29, 0.717) is 16.8 Å². The number of aryl methyl sites for hydroxylation is 1. The van der Waals surface area contributed by atoms with Crippen molar-refractivity contribution in [3.05, 3.63) is 46.3 Å². The van der Waals surface area contributed by atoms with Gasteiger partial charge in [-0.1, -0.05) is 22.9 Å². The van der Waals surface area contributed by atoms with Crippen molar-refractivity contribution < 1.29 is 9.66 Å². The van der Waals surface area contributed by atoms with Gasteiger partial charge < -0.3 is 4.74 Å². The number of rotatable bonds is 6. The smallest absolute Gasteiger partial charge is 0.270 e. The fourth-order valence-electron chi connectivity index (χ4n) is 1.76. The number of alkyl halides is 1. The van der Waals surface area contributed by atoms with Crippen LogP contribution in [0.4, 0.5) is 5.69 Å². The van der Waals surface area contributed by atoms with Gasteiger partial charge in [-0.3, -0.25) is 14.8 Å². The number of ether oxygens (including phenoxy) is 1. The second kappa shape index (κ2) is 6.51. The zero-order valence-electron chi connectivity index (χ0n) is 11.0. The molecular formula is C13H14BrN3O3. The molecule has 0 aliphatic carbocycles. The highest BCUT2D eigenvalue weighted by Crippen LogP contribution is 2.30. The van der Waals surface area contributed by atoms with Crippen molar-refractivity contribution in [2.75, 3.05) is 0 Å². The summed E-state index contributed by atoms with van der Waals surface area (Å²) in [7, 11) is 0. The molecule has 6 nitrogen and oxygen atoms in total. The molecule has 7 heteroatoms. The van der Waals surface area contributed by atoms with Gasteiger partial charge in [-0.05, 0) is 12.5 Å². The molecule has 0 aliphatic heterocycles. The Bertz CT molecular complexity index is 613. The average molecular weight is 340 g/mol. The first-order valence-corrected chi connectivity index (χ1v) is 7.29. The van der Waals surface area contributed by atoms with Gasteiger partial charge in [0.25, 0.3) is 5.69 Å². The summed E-state index contributed by atoms with van der Waals surface area (Å²) in [6.07, 6.45) is 4.43. The Hall–Kier alpha value is -1.89. The zero-order chi connectivity index (χ0) is 14.5. The normalized spacial score (nSPS) is 10.5. The first-order chi connectivity index (χ1) is 9.63. The molecule has 0 fully saturated rings. The summed E-state index contributed by atoms with van der Waals surface area (Å²) in [4.78, 5) is 10.3. The Kier molecular flexibility index (Phi) is 4.73. The predicted octanol–water partition coefficient (Wildman–Crippen LogP) is 3.89. The maximum absolute atomic E-state index is 10.8. The molecule has 1 heterocycles. The molecular weight excluding hydrogens is 326 g/mol. The lowest BCUT2D eigenvalue weighted by Crippen LogP contribution is -1.95. The third-order valence-electron chi connectivity index (χ3n) is 2.69. The highest BCUT2D eigenvalue weighted by molar-refractivity contribution is 9.08. The summed E-state index contributed by atoms with van der Waals surface area (Å²) in [6.45, 7) is 2.90. The van der Waals surface area contributed by atoms with E-state index in [0.717, 1.165) is 18.5 Å². The van der Waals surface area contributed by atoms with E-state index in [-0.39, 0.29) is 5.69 Å². The number of halogens is 1. The molecule has 106 valence electrons. The second-order valence-corrected chi connectivity index (χ2v) is 4.78. The summed E-state index contributed by atoms with van der Waals surface area (Å²) in [6, 6.07) is 4.53. The zero-order valence-corrected chi connectivity index (χ0v) is 12.5. The molecule has 0 unspecified atom stereocenters. The SMILES string of the molecule is CCCn1cc(Oc2ccc([N+](=O)[O-])cc2CBr)cn1. The van der Waals surface area contributed by atoms with Gasteiger partial charge in [0.2, 0.25) is 0 Å². The van der Waals surface area contributed by atoms with Gasteiger partial charge in [0.05, 0.1) is 17.3 Å². The molecule has 2 rings (SSSR count). The fourth-order valence-corrected chi connectivity index (χ4v) is 2.20. The van der Waals surface area contributed by atoms with Crippen LogP contribution in [0.3, 0.4) is 0 Å². The van der Waals surface area contributed by atoms with Crippen molar-refractivity contribution >= 4 is 21.6 Å². The van der Waals surface area contributed by atoms with Crippen molar-refractivity contribution in [2.45, 2.75) is 25.2 Å². The number of hydrogen-bond donors (Lipinski definition) is 0. The Balaban J connectivity index is 2.21. The number of hydrogen-bond acceptors (Lipinski definition) is 4. The van der Waals surface area contributed by atoms with Gasteiger partial charge in [-0.25, -0.2) is 0 Å². The molecule has 0 aliphatic rings. The molecule has 0 spiro atoms. The Labute approximate surface area is 124 Å². The van der Waals surface area contributed by atoms with Crippen LogP contribution in [0.25, 0.3) is 0 Å². The van der Waals surface area contributed by atoms with Crippen molar-refractivity contribution in [1.29, 1.82) is 0 Å². The molecule has 0 atom stereocenters. The Morgan fingerprint density at radius 2 is 2.30 bits per heavy atom. The van der Waals surface area contributed by atoms with Crippen LogP contribution in [-0.2, 0) is 11.9 Å². The molecule has 0 N–H and O–H groups in total. The molecule has 1 aromatic carbocycles. The molecule has 0 amide bonds. The van der Waals surface area contributed by atoms with Crippen molar-refractivity contribution in [3.63, 3.8) is 0 Å². The van der Waals surface area contributed by atoms with Crippen LogP contribution in [0.15, 0.2) is 30.6 Å². The van der Waals surface area contributed by atoms with Crippen LogP contribution in [0.2, 0.25) is 0 Å². The molecule has 0 bridgehead atoms. The molecule has 1 aromatic heterocycles. The van der Waals surface area contributed by atoms with E-state index in [2.05, 4.69) is 28.0 Å². The second-order valence-electron chi connectivity index (χ2n) is 4.22. The van der Waals surface area contributed by atoms with E-state index in [1.807, 2.05) is 6.20 Å². The highest BCUT2D eigenvalue weighted by atomic mass is 79.9. The van der Waals surface area contributed by atoms with Crippen molar-refractivity contribution in [2.24, 2.45) is 0 Å². The molecule has 0 radical (unpaired) electrons. The maximum atomic E-state index is 10.8. The number of aromatic nitrogens is 2. The van der Waals surface area contributed by atoms with Gasteiger partial charge in [-0.2, -0.15) is 5.10 Å². The average Bonchev–Trinajstić information content (AvgIpc) is 2.87. The lowest BCUT2D eigenvalue weighted by atomic mass is 10.2. The Morgan fingerprint density at radius 1 is 1.50 bits per heavy atom. The van der Waals surface area contributed by atoms with E-state index in [9.17, 15) is 10.1 Å². The summed E-state index contributed by atoms with van der Waals surface area (Å²) in [5, 5.41) is 15.4. The number of nitro benzene ring substituents is 1. The van der Waals surface area contributed by atoms with Crippen LogP contribution in [0.5, 0.6) is 11.5 Å². The Morgan fingerprint density at radius 3 is 2.95 bits per heavy atom. The lowest BCUT2D eigenvalue weighted by Gasteiger charge is -2.07. The number of nitrogens with zero attached hydrogens (tertiary/aromatic N) is 3. The van der Waals surface area contributed by atoms with Crippen LogP contribution < -0.4 is 4.74 Å². The van der Waals surface area contributed by atoms with E-state index in [1.54, 1.807) is 16.9 Å². The quantitative estimate of drug-likeness (QED) is 0.454. The van der Waals surface area contributed by atoms with Gasteiger partial charge in [-0.15, -0.1) is 0 Å². The van der Waals surface area contributed by atoms with Gasteiger partial charge >= 0.3 is 0 Å². The first-order valence-electron chi connectivity index (χ1n) is 6.17. The van der Waals surface area contributed by atoms with E-state index in [1.165, 1.54) is 12.1 Å². The van der Waals surface area contributed by atoms with Crippen LogP contribution >= 0.6 is 15.9 Å². The largest absolute Gasteiger partial charge is 0.454 e. The maximum Gasteiger partial charge on any atom is 0.270 e. The van der Waals surface area contributed by atoms with Crippen molar-refractivity contribution in [3.8, 4) is 11.5 Å². The predicted molar refractivity (Wildman–Crippen MR) is 78.3 cm³/mol. The minimum absolute atomic E-state index is 0.0495. The van der Waals surface area contributed by atoms with Crippen LogP contribution in [0.1, 0.15) is 18.9 Å². The topological polar surface area (TPSA) is 70.2 Å². The molecule has 0 saturated carbocycles. The summed E-state index contributed by atoms with van der Waals surface area (Å²) >= 11 is 3.31. The monoisotopic (exact) mass is 339 g/mol. The summed E-state index contributed by atoms with van der Waals surface area (Å²) < 4.78 is 7.53. The standard InChI is InChI=1S/C13H14BrN3O3/c1-2-5-16-9-12(8-15-16)20-13-4-3-11(17(18)19)6-10(13)7-14/h3-4,6,8-9H,2,5,7H2,1H3. The minimum atomic E-state index is -0.421. The van der Waals surface area contributed by atoms with Gasteiger partial charge in [0.15, 0.2) is 5.75 Å². The van der Waals surface area contributed by atoms with Crippen LogP contribution in [-0.4, -0.2) is 14.7 Å². The number of non-ortho nitro benzene ring substituents is 1. The minimum Gasteiger partial charge on any atom is -0.454 e. The summed E-state index contributed by atoms with van der Waals surface area (Å²) in [5.41, 5.74) is 0.774. The van der Waals surface area contributed by atoms with E-state index >= 15 is 0 Å². The third kappa shape index (κ3) is 3.36. The summed E-state index contributed by atoms with van der Waals surface area (Å²) in [5.74, 6) is 1.21. The molecule has 20 heavy (non-hydrogen) atoms. The van der Waals surface area contributed by atoms with Gasteiger partial charge in [0, 0.05) is 29.6 Å². The first kappa shape index (κ1) is 14.5. The van der Waals surface area contributed by atoms with E-state index in [4.69, 9.17) is 4.74 Å². The fraction of sp³-hybridized carbons (Fsp3) is 0.308. The van der Waals surface area contributed by atoms with E-state index < -0.39 is 4.92 Å². The molecule has 2 aromatic rings. The van der Waals surface area contributed by atoms with Gasteiger partial charge in [0.1, 0.15) is 5.75 Å². The third-order valence-corrected chi connectivity index (χ3v) is 3.29. The van der Waals surface area contributed by atoms with Crippen LogP contribution in [0, 0.1) is 10.1 Å².